The van der Waals surface area contributed by atoms with E-state index in [2.05, 4.69) is 9.97 Å². The number of anilines is 1. The Bertz CT molecular complexity index is 509. The molecule has 5 heteroatoms. The maximum absolute atomic E-state index is 5.93. The van der Waals surface area contributed by atoms with E-state index in [0.717, 1.165) is 24.1 Å². The maximum atomic E-state index is 5.93. The average molecular weight is 268 g/mol. The molecular formula is C12H11Cl2N3. The van der Waals surface area contributed by atoms with Crippen LogP contribution in [0.25, 0.3) is 0 Å². The summed E-state index contributed by atoms with van der Waals surface area (Å²) < 4.78 is 0. The molecule has 1 aromatic heterocycles. The van der Waals surface area contributed by atoms with Gasteiger partial charge in [0.1, 0.15) is 0 Å². The molecule has 2 N–H and O–H groups in total. The lowest BCUT2D eigenvalue weighted by Crippen LogP contribution is -2.00. The van der Waals surface area contributed by atoms with Gasteiger partial charge in [0.2, 0.25) is 5.95 Å². The van der Waals surface area contributed by atoms with E-state index >= 15 is 0 Å². The van der Waals surface area contributed by atoms with Crippen LogP contribution in [-0.4, -0.2) is 9.97 Å². The molecule has 88 valence electrons. The van der Waals surface area contributed by atoms with E-state index in [1.807, 2.05) is 18.2 Å². The Kier molecular flexibility index (Phi) is 3.82. The lowest BCUT2D eigenvalue weighted by molar-refractivity contribution is 0.905. The third-order valence-corrected chi connectivity index (χ3v) is 2.76. The molecule has 3 nitrogen and oxygen atoms in total. The Balaban J connectivity index is 2.07. The van der Waals surface area contributed by atoms with Gasteiger partial charge in [0, 0.05) is 21.9 Å². The number of hydrogen-bond donors (Lipinski definition) is 1. The van der Waals surface area contributed by atoms with E-state index in [1.165, 1.54) is 0 Å². The van der Waals surface area contributed by atoms with Crippen molar-refractivity contribution in [3.63, 3.8) is 0 Å². The van der Waals surface area contributed by atoms with E-state index in [-0.39, 0.29) is 0 Å². The lowest BCUT2D eigenvalue weighted by atomic mass is 10.1. The highest BCUT2D eigenvalue weighted by Crippen LogP contribution is 2.20. The fraction of sp³-hybridized carbons (Fsp3) is 0.167. The molecule has 0 aliphatic rings. The van der Waals surface area contributed by atoms with Crippen LogP contribution in [-0.2, 0) is 12.8 Å². The van der Waals surface area contributed by atoms with Crippen LogP contribution in [0, 0.1) is 0 Å². The largest absolute Gasteiger partial charge is 0.368 e. The molecular weight excluding hydrogens is 257 g/mol. The minimum absolute atomic E-state index is 0.298. The molecule has 0 amide bonds. The van der Waals surface area contributed by atoms with E-state index in [4.69, 9.17) is 28.9 Å². The molecule has 0 bridgehead atoms. The van der Waals surface area contributed by atoms with Crippen LogP contribution in [0.2, 0.25) is 10.0 Å². The third kappa shape index (κ3) is 3.58. The van der Waals surface area contributed by atoms with Crippen molar-refractivity contribution in [2.24, 2.45) is 0 Å². The molecule has 1 heterocycles. The lowest BCUT2D eigenvalue weighted by Gasteiger charge is -2.03. The van der Waals surface area contributed by atoms with Crippen molar-refractivity contribution < 1.29 is 0 Å². The standard InChI is InChI=1S/C12H11Cl2N3/c13-9-5-8(6-10(14)7-9)1-2-11-3-4-16-12(15)17-11/h3-7H,1-2H2,(H2,15,16,17). The molecule has 0 spiro atoms. The molecule has 0 aliphatic carbocycles. The number of halogens is 2. The van der Waals surface area contributed by atoms with Crippen molar-refractivity contribution in [1.29, 1.82) is 0 Å². The van der Waals surface area contributed by atoms with Gasteiger partial charge >= 0.3 is 0 Å². The van der Waals surface area contributed by atoms with Gasteiger partial charge in [-0.3, -0.25) is 0 Å². The quantitative estimate of drug-likeness (QED) is 0.930. The van der Waals surface area contributed by atoms with Gasteiger partial charge in [-0.15, -0.1) is 0 Å². The van der Waals surface area contributed by atoms with Crippen molar-refractivity contribution in [3.8, 4) is 0 Å². The Morgan fingerprint density at radius 1 is 1.06 bits per heavy atom. The summed E-state index contributed by atoms with van der Waals surface area (Å²) in [7, 11) is 0. The number of hydrogen-bond acceptors (Lipinski definition) is 3. The summed E-state index contributed by atoms with van der Waals surface area (Å²) in [4.78, 5) is 7.98. The van der Waals surface area contributed by atoms with Crippen molar-refractivity contribution in [1.82, 2.24) is 9.97 Å². The number of nitrogen functional groups attached to an aromatic ring is 1. The van der Waals surface area contributed by atoms with Crippen LogP contribution in [0.15, 0.2) is 30.5 Å². The molecule has 0 fully saturated rings. The second-order valence-electron chi connectivity index (χ2n) is 3.68. The summed E-state index contributed by atoms with van der Waals surface area (Å²) in [6.45, 7) is 0. The van der Waals surface area contributed by atoms with Crippen LogP contribution in [0.5, 0.6) is 0 Å². The first kappa shape index (κ1) is 12.1. The molecule has 0 radical (unpaired) electrons. The zero-order chi connectivity index (χ0) is 12.3. The first-order chi connectivity index (χ1) is 8.13. The van der Waals surface area contributed by atoms with Crippen LogP contribution in [0.4, 0.5) is 5.95 Å². The number of nitrogens with two attached hydrogens (primary N) is 1. The van der Waals surface area contributed by atoms with Crippen LogP contribution in [0.1, 0.15) is 11.3 Å². The van der Waals surface area contributed by atoms with Crippen molar-refractivity contribution in [2.45, 2.75) is 12.8 Å². The minimum Gasteiger partial charge on any atom is -0.368 e. The Morgan fingerprint density at radius 3 is 2.41 bits per heavy atom. The van der Waals surface area contributed by atoms with E-state index in [9.17, 15) is 0 Å². The second-order valence-corrected chi connectivity index (χ2v) is 4.56. The summed E-state index contributed by atoms with van der Waals surface area (Å²) in [5.74, 6) is 0.298. The average Bonchev–Trinajstić information content (AvgIpc) is 2.25. The molecule has 2 rings (SSSR count). The van der Waals surface area contributed by atoms with Crippen LogP contribution in [0.3, 0.4) is 0 Å². The van der Waals surface area contributed by atoms with Gasteiger partial charge in [-0.05, 0) is 42.7 Å². The predicted molar refractivity (Wildman–Crippen MR) is 70.3 cm³/mol. The van der Waals surface area contributed by atoms with Crippen LogP contribution >= 0.6 is 23.2 Å². The zero-order valence-electron chi connectivity index (χ0n) is 9.03. The highest BCUT2D eigenvalue weighted by Gasteiger charge is 2.01. The summed E-state index contributed by atoms with van der Waals surface area (Å²) in [6.07, 6.45) is 3.25. The molecule has 0 saturated carbocycles. The Hall–Kier alpha value is -1.32. The van der Waals surface area contributed by atoms with E-state index in [0.29, 0.717) is 16.0 Å². The Labute approximate surface area is 110 Å². The monoisotopic (exact) mass is 267 g/mol. The first-order valence-corrected chi connectivity index (χ1v) is 5.91. The molecule has 1 aromatic carbocycles. The molecule has 0 unspecified atom stereocenters. The first-order valence-electron chi connectivity index (χ1n) is 5.16. The topological polar surface area (TPSA) is 51.8 Å². The maximum Gasteiger partial charge on any atom is 0.220 e. The van der Waals surface area contributed by atoms with E-state index < -0.39 is 0 Å². The molecule has 0 saturated heterocycles. The predicted octanol–water partition coefficient (Wildman–Crippen LogP) is 3.15. The molecule has 0 aliphatic heterocycles. The Morgan fingerprint density at radius 2 is 1.76 bits per heavy atom. The van der Waals surface area contributed by atoms with Gasteiger partial charge in [-0.25, -0.2) is 9.97 Å². The van der Waals surface area contributed by atoms with Gasteiger partial charge in [0.05, 0.1) is 0 Å². The minimum atomic E-state index is 0.298. The number of benzene rings is 1. The number of aromatic nitrogens is 2. The fourth-order valence-corrected chi connectivity index (χ4v) is 2.15. The fourth-order valence-electron chi connectivity index (χ4n) is 1.58. The molecule has 0 atom stereocenters. The van der Waals surface area contributed by atoms with Gasteiger partial charge in [0.25, 0.3) is 0 Å². The van der Waals surface area contributed by atoms with Crippen molar-refractivity contribution in [3.05, 3.63) is 51.8 Å². The normalized spacial score (nSPS) is 10.5. The van der Waals surface area contributed by atoms with Crippen LogP contribution < -0.4 is 5.73 Å². The highest BCUT2D eigenvalue weighted by atomic mass is 35.5. The number of rotatable bonds is 3. The summed E-state index contributed by atoms with van der Waals surface area (Å²) in [6, 6.07) is 7.37. The van der Waals surface area contributed by atoms with Gasteiger partial charge in [-0.1, -0.05) is 23.2 Å². The summed E-state index contributed by atoms with van der Waals surface area (Å²) in [5, 5.41) is 1.30. The van der Waals surface area contributed by atoms with Gasteiger partial charge in [-0.2, -0.15) is 0 Å². The number of aryl methyl sites for hydroxylation is 2. The van der Waals surface area contributed by atoms with Crippen molar-refractivity contribution >= 4 is 29.2 Å². The van der Waals surface area contributed by atoms with Gasteiger partial charge in [0.15, 0.2) is 0 Å². The second kappa shape index (κ2) is 5.34. The summed E-state index contributed by atoms with van der Waals surface area (Å²) in [5.41, 5.74) is 7.51. The third-order valence-electron chi connectivity index (χ3n) is 2.32. The van der Waals surface area contributed by atoms with Gasteiger partial charge < -0.3 is 5.73 Å². The van der Waals surface area contributed by atoms with Crippen molar-refractivity contribution in [2.75, 3.05) is 5.73 Å². The SMILES string of the molecule is Nc1nccc(CCc2cc(Cl)cc(Cl)c2)n1. The highest BCUT2D eigenvalue weighted by molar-refractivity contribution is 6.34. The van der Waals surface area contributed by atoms with E-state index in [1.54, 1.807) is 12.3 Å². The molecule has 17 heavy (non-hydrogen) atoms. The smallest absolute Gasteiger partial charge is 0.220 e. The number of nitrogens with zero attached hydrogens (tertiary/aromatic N) is 2. The molecule has 2 aromatic rings. The zero-order valence-corrected chi connectivity index (χ0v) is 10.5. The summed E-state index contributed by atoms with van der Waals surface area (Å²) >= 11 is 11.9.